The first kappa shape index (κ1) is 44.7. The van der Waals surface area contributed by atoms with Crippen molar-refractivity contribution in [3.8, 4) is 0 Å². The summed E-state index contributed by atoms with van der Waals surface area (Å²) in [5.74, 6) is -0.380. The largest absolute Gasteiger partial charge is 0 e. The number of esters is 1. The van der Waals surface area contributed by atoms with Crippen LogP contribution in [0.25, 0.3) is 0 Å². The summed E-state index contributed by atoms with van der Waals surface area (Å²) in [6.45, 7) is 22.5. The van der Waals surface area contributed by atoms with Gasteiger partial charge in [0.15, 0.2) is 0 Å². The van der Waals surface area contributed by atoms with Crippen molar-refractivity contribution in [2.24, 2.45) is 5.73 Å². The van der Waals surface area contributed by atoms with E-state index in [0.717, 1.165) is 0 Å². The molecule has 92 valence electrons. The summed E-state index contributed by atoms with van der Waals surface area (Å²) >= 11 is 0. The molecule has 0 spiro atoms. The Hall–Kier alpha value is -1.18. The first-order valence-electron chi connectivity index (χ1n) is 2.60. The van der Waals surface area contributed by atoms with Crippen molar-refractivity contribution in [3.05, 3.63) is 33.3 Å². The number of ether oxygens (including phenoxy) is 1. The Balaban J connectivity index is -0.0000000158. The van der Waals surface area contributed by atoms with Gasteiger partial charge in [0.1, 0.15) is 0 Å². The van der Waals surface area contributed by atoms with Crippen LogP contribution in [-0.4, -0.2) is 19.6 Å². The van der Waals surface area contributed by atoms with Crippen LogP contribution in [0.3, 0.4) is 0 Å². The molecule has 0 rings (SSSR count). The van der Waals surface area contributed by atoms with Crippen molar-refractivity contribution < 1.29 is 53.9 Å². The third-order valence-corrected chi connectivity index (χ3v) is 0.394. The predicted molar refractivity (Wildman–Crippen MR) is 40.7 cm³/mol. The van der Waals surface area contributed by atoms with Gasteiger partial charge < -0.3 is 10.5 Å². The second-order valence-electron chi connectivity index (χ2n) is 0.780. The molecule has 0 atom stereocenters. The Morgan fingerprint density at radius 1 is 0.941 bits per heavy atom. The van der Waals surface area contributed by atoms with E-state index in [4.69, 9.17) is 29.0 Å². The molecular formula is C8H7NO7W. The molecule has 0 heterocycles. The van der Waals surface area contributed by atoms with Gasteiger partial charge in [-0.3, -0.25) is 4.79 Å². The van der Waals surface area contributed by atoms with Gasteiger partial charge >= 0.3 is 62.5 Å². The van der Waals surface area contributed by atoms with E-state index >= 15 is 0 Å². The van der Waals surface area contributed by atoms with Crippen molar-refractivity contribution in [2.75, 3.05) is 13.7 Å². The minimum atomic E-state index is -0.380. The zero-order valence-corrected chi connectivity index (χ0v) is 11.5. The van der Waals surface area contributed by atoms with Crippen molar-refractivity contribution in [3.63, 3.8) is 0 Å². The fourth-order valence-electron chi connectivity index (χ4n) is 0.0833. The molecule has 0 unspecified atom stereocenters. The predicted octanol–water partition coefficient (Wildman–Crippen LogP) is -1.07. The van der Waals surface area contributed by atoms with Gasteiger partial charge in [0.25, 0.3) is 0 Å². The molecule has 0 saturated heterocycles. The van der Waals surface area contributed by atoms with Gasteiger partial charge in [-0.1, -0.05) is 0 Å². The summed E-state index contributed by atoms with van der Waals surface area (Å²) in [5, 5.41) is 0. The fraction of sp³-hybridized carbons (Fsp3) is 0.250. The van der Waals surface area contributed by atoms with Gasteiger partial charge in [-0.2, -0.15) is 0 Å². The Labute approximate surface area is 113 Å². The van der Waals surface area contributed by atoms with Gasteiger partial charge in [-0.15, -0.1) is 0 Å². The number of hydrogen-bond acceptors (Lipinski definition) is 3. The zero-order valence-electron chi connectivity index (χ0n) is 8.55. The van der Waals surface area contributed by atoms with Crippen molar-refractivity contribution >= 4 is 5.97 Å². The molecule has 0 amide bonds. The van der Waals surface area contributed by atoms with Crippen molar-refractivity contribution in [1.82, 2.24) is 0 Å². The van der Waals surface area contributed by atoms with E-state index in [9.17, 15) is 4.79 Å². The summed E-state index contributed by atoms with van der Waals surface area (Å²) in [5.41, 5.74) is 4.81. The summed E-state index contributed by atoms with van der Waals surface area (Å²) in [7, 11) is 1.30. The normalized spacial score (nSPS) is 3.29. The smallest absolute Gasteiger partial charge is 0 e. The number of methoxy groups -OCH3 is 1. The second-order valence-corrected chi connectivity index (χ2v) is 0.780. The van der Waals surface area contributed by atoms with Gasteiger partial charge in [0.05, 0.1) is 13.7 Å². The SMILES string of the molecule is COC(=O)CN.[C-]#[O+].[C-]#[O+].[C-]#[O+].[C-]#[O+].[C-]#[O+].[W]. The third-order valence-electron chi connectivity index (χ3n) is 0.394. The zero-order chi connectivity index (χ0) is 15.0. The van der Waals surface area contributed by atoms with Crippen LogP contribution in [0.4, 0.5) is 0 Å². The molecule has 17 heavy (non-hydrogen) atoms. The molecule has 0 aliphatic rings. The van der Waals surface area contributed by atoms with E-state index in [1.54, 1.807) is 0 Å². The van der Waals surface area contributed by atoms with E-state index in [1.165, 1.54) is 7.11 Å². The Bertz CT molecular complexity index is 165. The summed E-state index contributed by atoms with van der Waals surface area (Å²) < 4.78 is 41.6. The number of rotatable bonds is 1. The van der Waals surface area contributed by atoms with Crippen LogP contribution in [0.5, 0.6) is 0 Å². The summed E-state index contributed by atoms with van der Waals surface area (Å²) in [6, 6.07) is 0. The van der Waals surface area contributed by atoms with Crippen LogP contribution in [-0.2, 0) is 53.9 Å². The standard InChI is InChI=1S/C3H7NO2.5CO.W/c1-6-3(5)2-4;5*1-2;/h2,4H2,1H3;;;;;;. The average molecular weight is 413 g/mol. The molecule has 0 aliphatic heterocycles. The van der Waals surface area contributed by atoms with Crippen LogP contribution in [0.1, 0.15) is 0 Å². The van der Waals surface area contributed by atoms with Crippen LogP contribution in [0.15, 0.2) is 0 Å². The first-order chi connectivity index (χ1) is 7.81. The summed E-state index contributed by atoms with van der Waals surface area (Å²) in [6.07, 6.45) is 0. The van der Waals surface area contributed by atoms with E-state index < -0.39 is 0 Å². The molecule has 0 bridgehead atoms. The second kappa shape index (κ2) is 194. The van der Waals surface area contributed by atoms with Gasteiger partial charge in [0.2, 0.25) is 0 Å². The molecule has 8 nitrogen and oxygen atoms in total. The molecule has 0 radical (unpaired) electrons. The minimum Gasteiger partial charge on any atom is 0 e. The Morgan fingerprint density at radius 3 is 1.12 bits per heavy atom. The van der Waals surface area contributed by atoms with Crippen LogP contribution in [0, 0.1) is 33.3 Å². The molecule has 0 aromatic carbocycles. The fourth-order valence-corrected chi connectivity index (χ4v) is 0.0833. The number of hydrogen-bond donors (Lipinski definition) is 1. The number of carbonyl (C=O) groups is 1. The molecule has 0 saturated carbocycles. The topological polar surface area (TPSA) is 152 Å². The quantitative estimate of drug-likeness (QED) is 0.331. The average Bonchev–Trinajstić information content (AvgIpc) is 2.48. The van der Waals surface area contributed by atoms with Crippen LogP contribution in [0.2, 0.25) is 0 Å². The number of nitrogens with two attached hydrogens (primary N) is 1. The maximum absolute atomic E-state index is 9.83. The molecule has 0 aromatic rings. The molecule has 0 aromatic heterocycles. The van der Waals surface area contributed by atoms with E-state index in [-0.39, 0.29) is 33.6 Å². The number of carbonyl (C=O) groups excluding carboxylic acids is 1. The van der Waals surface area contributed by atoms with Crippen molar-refractivity contribution in [2.45, 2.75) is 0 Å². The third kappa shape index (κ3) is 307. The molecule has 2 N–H and O–H groups in total. The van der Waals surface area contributed by atoms with Gasteiger partial charge in [0, 0.05) is 21.1 Å². The molecule has 0 aliphatic carbocycles. The van der Waals surface area contributed by atoms with Gasteiger partial charge in [-0.05, 0) is 0 Å². The summed E-state index contributed by atoms with van der Waals surface area (Å²) in [4.78, 5) is 9.83. The van der Waals surface area contributed by atoms with Crippen molar-refractivity contribution in [1.29, 1.82) is 0 Å². The van der Waals surface area contributed by atoms with Gasteiger partial charge in [-0.25, -0.2) is 0 Å². The van der Waals surface area contributed by atoms with E-state index in [0.29, 0.717) is 0 Å². The van der Waals surface area contributed by atoms with Crippen LogP contribution >= 0.6 is 0 Å². The van der Waals surface area contributed by atoms with E-state index in [2.05, 4.69) is 38.0 Å². The Kier molecular flexibility index (Phi) is 510. The first-order valence-corrected chi connectivity index (χ1v) is 2.60. The molecule has 9 heteroatoms. The van der Waals surface area contributed by atoms with Crippen LogP contribution < -0.4 is 5.73 Å². The maximum Gasteiger partial charge on any atom is 0 e. The maximum atomic E-state index is 9.83. The molecule has 0 fully saturated rings. The monoisotopic (exact) mass is 413 g/mol. The Morgan fingerprint density at radius 2 is 1.12 bits per heavy atom. The molecular weight excluding hydrogens is 406 g/mol. The van der Waals surface area contributed by atoms with E-state index in [1.807, 2.05) is 0 Å². The minimum absolute atomic E-state index is 0.